The van der Waals surface area contributed by atoms with Gasteiger partial charge >= 0.3 is 0 Å². The normalized spacial score (nSPS) is 20.7. The Labute approximate surface area is 136 Å². The second-order valence-electron chi connectivity index (χ2n) is 6.01. The van der Waals surface area contributed by atoms with E-state index < -0.39 is 0 Å². The maximum atomic E-state index is 12.3. The molecule has 0 radical (unpaired) electrons. The van der Waals surface area contributed by atoms with Gasteiger partial charge in [-0.3, -0.25) is 9.78 Å². The highest BCUT2D eigenvalue weighted by molar-refractivity contribution is 5.92. The van der Waals surface area contributed by atoms with Gasteiger partial charge in [-0.1, -0.05) is 30.3 Å². The molecule has 0 aliphatic heterocycles. The van der Waals surface area contributed by atoms with Crippen LogP contribution in [0, 0.1) is 0 Å². The first-order valence-electron chi connectivity index (χ1n) is 8.12. The number of methoxy groups -OCH3 is 1. The number of nitrogens with one attached hydrogen (secondary N) is 1. The maximum Gasteiger partial charge on any atom is 0.270 e. The molecule has 0 spiro atoms. The summed E-state index contributed by atoms with van der Waals surface area (Å²) in [7, 11) is 1.59. The van der Waals surface area contributed by atoms with Crippen LogP contribution in [-0.2, 0) is 0 Å². The number of pyridine rings is 1. The third-order valence-electron chi connectivity index (χ3n) is 4.53. The Hall–Kier alpha value is -2.36. The number of benzene rings is 1. The fourth-order valence-electron chi connectivity index (χ4n) is 3.22. The van der Waals surface area contributed by atoms with Crippen LogP contribution in [0.3, 0.4) is 0 Å². The van der Waals surface area contributed by atoms with Crippen LogP contribution in [0.5, 0.6) is 5.75 Å². The van der Waals surface area contributed by atoms with Crippen molar-refractivity contribution in [2.24, 2.45) is 0 Å². The predicted molar refractivity (Wildman–Crippen MR) is 89.7 cm³/mol. The van der Waals surface area contributed by atoms with Crippen molar-refractivity contribution in [1.29, 1.82) is 0 Å². The van der Waals surface area contributed by atoms with Gasteiger partial charge in [-0.05, 0) is 43.2 Å². The minimum Gasteiger partial charge on any atom is -0.497 e. The van der Waals surface area contributed by atoms with Gasteiger partial charge in [0.25, 0.3) is 5.91 Å². The minimum atomic E-state index is -0.118. The van der Waals surface area contributed by atoms with Crippen molar-refractivity contribution >= 4 is 5.91 Å². The standard InChI is InChI=1S/C19H22N2O2/c1-23-17-11-12-20-18(13-17)19(22)21-16-9-7-15(8-10-16)14-5-3-2-4-6-14/h2-6,11-13,15-16H,7-10H2,1H3,(H,21,22). The third-order valence-corrected chi connectivity index (χ3v) is 4.53. The Kier molecular flexibility index (Phi) is 4.91. The Morgan fingerprint density at radius 3 is 2.57 bits per heavy atom. The van der Waals surface area contributed by atoms with Crippen molar-refractivity contribution in [3.05, 3.63) is 59.9 Å². The Bertz CT molecular complexity index is 649. The number of carbonyl (C=O) groups excluding carboxylic acids is 1. The number of ether oxygens (including phenoxy) is 1. The number of nitrogens with zero attached hydrogens (tertiary/aromatic N) is 1. The van der Waals surface area contributed by atoms with Gasteiger partial charge in [0, 0.05) is 18.3 Å². The fraction of sp³-hybridized carbons (Fsp3) is 0.368. The number of hydrogen-bond acceptors (Lipinski definition) is 3. The number of rotatable bonds is 4. The molecular weight excluding hydrogens is 288 g/mol. The number of hydrogen-bond donors (Lipinski definition) is 1. The highest BCUT2D eigenvalue weighted by atomic mass is 16.5. The van der Waals surface area contributed by atoms with Gasteiger partial charge < -0.3 is 10.1 Å². The van der Waals surface area contributed by atoms with E-state index in [0.717, 1.165) is 25.7 Å². The van der Waals surface area contributed by atoms with Crippen LogP contribution < -0.4 is 10.1 Å². The molecule has 1 saturated carbocycles. The Balaban J connectivity index is 1.55. The van der Waals surface area contributed by atoms with E-state index in [0.29, 0.717) is 17.4 Å². The van der Waals surface area contributed by atoms with Gasteiger partial charge in [0.15, 0.2) is 0 Å². The summed E-state index contributed by atoms with van der Waals surface area (Å²) in [5.41, 5.74) is 1.82. The average Bonchev–Trinajstić information content (AvgIpc) is 2.63. The molecule has 23 heavy (non-hydrogen) atoms. The largest absolute Gasteiger partial charge is 0.497 e. The minimum absolute atomic E-state index is 0.118. The molecular formula is C19H22N2O2. The van der Waals surface area contributed by atoms with Crippen molar-refractivity contribution in [3.63, 3.8) is 0 Å². The molecule has 120 valence electrons. The van der Waals surface area contributed by atoms with Gasteiger partial charge in [0.05, 0.1) is 7.11 Å². The summed E-state index contributed by atoms with van der Waals surface area (Å²) in [6.07, 6.45) is 5.84. The molecule has 1 fully saturated rings. The van der Waals surface area contributed by atoms with Gasteiger partial charge in [-0.25, -0.2) is 0 Å². The van der Waals surface area contributed by atoms with Crippen LogP contribution in [0.4, 0.5) is 0 Å². The molecule has 1 amide bonds. The summed E-state index contributed by atoms with van der Waals surface area (Å²) < 4.78 is 5.14. The molecule has 0 atom stereocenters. The molecule has 1 aliphatic carbocycles. The summed E-state index contributed by atoms with van der Waals surface area (Å²) >= 11 is 0. The van der Waals surface area contributed by atoms with Crippen LogP contribution in [0.1, 0.15) is 47.7 Å². The highest BCUT2D eigenvalue weighted by Gasteiger charge is 2.24. The van der Waals surface area contributed by atoms with Gasteiger partial charge in [0.1, 0.15) is 11.4 Å². The highest BCUT2D eigenvalue weighted by Crippen LogP contribution is 2.32. The molecule has 4 nitrogen and oxygen atoms in total. The lowest BCUT2D eigenvalue weighted by atomic mass is 9.82. The molecule has 1 aliphatic rings. The van der Waals surface area contributed by atoms with E-state index in [4.69, 9.17) is 4.74 Å². The van der Waals surface area contributed by atoms with Crippen molar-refractivity contribution < 1.29 is 9.53 Å². The van der Waals surface area contributed by atoms with Crippen molar-refractivity contribution in [1.82, 2.24) is 10.3 Å². The lowest BCUT2D eigenvalue weighted by Gasteiger charge is -2.29. The molecule has 1 N–H and O–H groups in total. The van der Waals surface area contributed by atoms with Crippen LogP contribution in [-0.4, -0.2) is 24.0 Å². The van der Waals surface area contributed by atoms with E-state index >= 15 is 0 Å². The molecule has 0 saturated heterocycles. The molecule has 3 rings (SSSR count). The van der Waals surface area contributed by atoms with Gasteiger partial charge in [-0.15, -0.1) is 0 Å². The topological polar surface area (TPSA) is 51.2 Å². The van der Waals surface area contributed by atoms with Gasteiger partial charge in [0.2, 0.25) is 0 Å². The summed E-state index contributed by atoms with van der Waals surface area (Å²) in [5.74, 6) is 1.14. The van der Waals surface area contributed by atoms with Crippen LogP contribution in [0.15, 0.2) is 48.7 Å². The van der Waals surface area contributed by atoms with E-state index in [1.54, 1.807) is 25.4 Å². The molecule has 2 aromatic rings. The zero-order valence-electron chi connectivity index (χ0n) is 13.4. The summed E-state index contributed by atoms with van der Waals surface area (Å²) in [4.78, 5) is 16.4. The second-order valence-corrected chi connectivity index (χ2v) is 6.01. The Morgan fingerprint density at radius 1 is 1.13 bits per heavy atom. The summed E-state index contributed by atoms with van der Waals surface area (Å²) in [6.45, 7) is 0. The van der Waals surface area contributed by atoms with Gasteiger partial charge in [-0.2, -0.15) is 0 Å². The zero-order chi connectivity index (χ0) is 16.1. The van der Waals surface area contributed by atoms with Crippen molar-refractivity contribution in [3.8, 4) is 5.75 Å². The molecule has 1 heterocycles. The molecule has 1 aromatic heterocycles. The SMILES string of the molecule is COc1ccnc(C(=O)NC2CCC(c3ccccc3)CC2)c1. The fourth-order valence-corrected chi connectivity index (χ4v) is 3.22. The Morgan fingerprint density at radius 2 is 1.87 bits per heavy atom. The average molecular weight is 310 g/mol. The first kappa shape index (κ1) is 15.5. The van der Waals surface area contributed by atoms with E-state index in [1.807, 2.05) is 0 Å². The first-order chi connectivity index (χ1) is 11.3. The van der Waals surface area contributed by atoms with Crippen LogP contribution in [0.25, 0.3) is 0 Å². The maximum absolute atomic E-state index is 12.3. The summed E-state index contributed by atoms with van der Waals surface area (Å²) in [6, 6.07) is 14.3. The van der Waals surface area contributed by atoms with Crippen molar-refractivity contribution in [2.45, 2.75) is 37.6 Å². The zero-order valence-corrected chi connectivity index (χ0v) is 13.4. The molecule has 0 bridgehead atoms. The van der Waals surface area contributed by atoms with E-state index in [1.165, 1.54) is 5.56 Å². The lowest BCUT2D eigenvalue weighted by Crippen LogP contribution is -2.37. The number of aromatic nitrogens is 1. The van der Waals surface area contributed by atoms with E-state index in [2.05, 4.69) is 40.6 Å². The summed E-state index contributed by atoms with van der Waals surface area (Å²) in [5, 5.41) is 3.10. The number of amides is 1. The van der Waals surface area contributed by atoms with E-state index in [9.17, 15) is 4.79 Å². The lowest BCUT2D eigenvalue weighted by molar-refractivity contribution is 0.0920. The second kappa shape index (κ2) is 7.27. The monoisotopic (exact) mass is 310 g/mol. The molecule has 1 aromatic carbocycles. The number of carbonyl (C=O) groups is 1. The molecule has 0 unspecified atom stereocenters. The third kappa shape index (κ3) is 3.89. The first-order valence-corrected chi connectivity index (χ1v) is 8.12. The van der Waals surface area contributed by atoms with Crippen molar-refractivity contribution in [2.75, 3.05) is 7.11 Å². The smallest absolute Gasteiger partial charge is 0.270 e. The van der Waals surface area contributed by atoms with E-state index in [-0.39, 0.29) is 11.9 Å². The van der Waals surface area contributed by atoms with Crippen LogP contribution in [0.2, 0.25) is 0 Å². The van der Waals surface area contributed by atoms with Crippen LogP contribution >= 0.6 is 0 Å². The quantitative estimate of drug-likeness (QED) is 0.939. The predicted octanol–water partition coefficient (Wildman–Crippen LogP) is 3.55. The molecule has 4 heteroatoms.